The zero-order valence-electron chi connectivity index (χ0n) is 11.2. The van der Waals surface area contributed by atoms with Crippen LogP contribution in [-0.4, -0.2) is 30.1 Å². The van der Waals surface area contributed by atoms with Gasteiger partial charge in [-0.1, -0.05) is 0 Å². The van der Waals surface area contributed by atoms with Gasteiger partial charge in [-0.05, 0) is 38.5 Å². The van der Waals surface area contributed by atoms with Gasteiger partial charge in [-0.25, -0.2) is 4.98 Å². The van der Waals surface area contributed by atoms with E-state index in [1.165, 1.54) is 6.39 Å². The highest BCUT2D eigenvalue weighted by Gasteiger charge is 2.07. The molecule has 19 heavy (non-hydrogen) atoms. The van der Waals surface area contributed by atoms with Crippen molar-refractivity contribution in [3.05, 3.63) is 30.2 Å². The lowest BCUT2D eigenvalue weighted by atomic mass is 10.2. The van der Waals surface area contributed by atoms with Gasteiger partial charge in [0.2, 0.25) is 0 Å². The summed E-state index contributed by atoms with van der Waals surface area (Å²) in [6, 6.07) is 5.20. The zero-order chi connectivity index (χ0) is 13.7. The summed E-state index contributed by atoms with van der Waals surface area (Å²) in [5, 5.41) is 2.85. The van der Waals surface area contributed by atoms with Crippen molar-refractivity contribution in [2.45, 2.75) is 26.4 Å². The van der Waals surface area contributed by atoms with E-state index in [1.807, 2.05) is 13.8 Å². The Kier molecular flexibility index (Phi) is 4.52. The maximum atomic E-state index is 11.9. The van der Waals surface area contributed by atoms with Crippen LogP contribution in [0.4, 0.5) is 0 Å². The molecule has 0 aliphatic rings. The van der Waals surface area contributed by atoms with Crippen LogP contribution >= 0.6 is 0 Å². The number of nitrogens with one attached hydrogen (secondary N) is 1. The number of fused-ring (bicyclic) bond motifs is 1. The van der Waals surface area contributed by atoms with Crippen molar-refractivity contribution in [1.82, 2.24) is 10.3 Å². The van der Waals surface area contributed by atoms with Gasteiger partial charge >= 0.3 is 0 Å². The van der Waals surface area contributed by atoms with Crippen LogP contribution in [0.1, 0.15) is 30.6 Å². The number of oxazole rings is 1. The monoisotopic (exact) mass is 262 g/mol. The maximum absolute atomic E-state index is 11.9. The van der Waals surface area contributed by atoms with E-state index < -0.39 is 0 Å². The van der Waals surface area contributed by atoms with Crippen molar-refractivity contribution in [3.8, 4) is 0 Å². The van der Waals surface area contributed by atoms with Crippen molar-refractivity contribution >= 4 is 17.0 Å². The van der Waals surface area contributed by atoms with Crippen molar-refractivity contribution in [3.63, 3.8) is 0 Å². The van der Waals surface area contributed by atoms with Crippen LogP contribution in [-0.2, 0) is 4.74 Å². The van der Waals surface area contributed by atoms with E-state index in [2.05, 4.69) is 10.3 Å². The summed E-state index contributed by atoms with van der Waals surface area (Å²) in [5.41, 5.74) is 1.96. The molecule has 0 unspecified atom stereocenters. The summed E-state index contributed by atoms with van der Waals surface area (Å²) in [6.07, 6.45) is 2.40. The first kappa shape index (κ1) is 13.5. The molecule has 2 aromatic rings. The molecule has 0 saturated heterocycles. The number of rotatable bonds is 6. The predicted molar refractivity (Wildman–Crippen MR) is 72.0 cm³/mol. The number of hydrogen-bond acceptors (Lipinski definition) is 4. The normalized spacial score (nSPS) is 11.1. The van der Waals surface area contributed by atoms with Gasteiger partial charge in [0.25, 0.3) is 5.91 Å². The highest BCUT2D eigenvalue weighted by molar-refractivity contribution is 5.96. The van der Waals surface area contributed by atoms with Gasteiger partial charge in [-0.2, -0.15) is 0 Å². The molecule has 1 heterocycles. The van der Waals surface area contributed by atoms with Gasteiger partial charge in [0.15, 0.2) is 12.0 Å². The lowest BCUT2D eigenvalue weighted by molar-refractivity contribution is 0.0757. The van der Waals surface area contributed by atoms with Crippen molar-refractivity contribution in [2.75, 3.05) is 13.2 Å². The molecule has 1 N–H and O–H groups in total. The molecule has 0 saturated carbocycles. The van der Waals surface area contributed by atoms with Crippen LogP contribution in [0, 0.1) is 0 Å². The largest absolute Gasteiger partial charge is 0.443 e. The number of hydrogen-bond donors (Lipinski definition) is 1. The highest BCUT2D eigenvalue weighted by atomic mass is 16.5. The van der Waals surface area contributed by atoms with Gasteiger partial charge in [-0.3, -0.25) is 4.79 Å². The molecule has 0 fully saturated rings. The predicted octanol–water partition coefficient (Wildman–Crippen LogP) is 2.37. The smallest absolute Gasteiger partial charge is 0.251 e. The van der Waals surface area contributed by atoms with E-state index in [-0.39, 0.29) is 12.0 Å². The third-order valence-corrected chi connectivity index (χ3v) is 2.65. The molecule has 0 aliphatic heterocycles. The topological polar surface area (TPSA) is 64.4 Å². The maximum Gasteiger partial charge on any atom is 0.251 e. The first-order valence-corrected chi connectivity index (χ1v) is 6.40. The van der Waals surface area contributed by atoms with Gasteiger partial charge in [0.1, 0.15) is 5.52 Å². The van der Waals surface area contributed by atoms with Crippen LogP contribution in [0.2, 0.25) is 0 Å². The van der Waals surface area contributed by atoms with Crippen LogP contribution in [0.25, 0.3) is 11.1 Å². The van der Waals surface area contributed by atoms with E-state index in [0.29, 0.717) is 29.8 Å². The number of benzene rings is 1. The lowest BCUT2D eigenvalue weighted by Gasteiger charge is -2.08. The fraction of sp³-hybridized carbons (Fsp3) is 0.429. The molecular formula is C14H18N2O3. The second-order valence-corrected chi connectivity index (χ2v) is 4.56. The Bertz CT molecular complexity index is 548. The van der Waals surface area contributed by atoms with Gasteiger partial charge < -0.3 is 14.5 Å². The minimum absolute atomic E-state index is 0.102. The quantitative estimate of drug-likeness (QED) is 0.812. The second-order valence-electron chi connectivity index (χ2n) is 4.56. The Hall–Kier alpha value is -1.88. The van der Waals surface area contributed by atoms with Gasteiger partial charge in [0, 0.05) is 18.7 Å². The summed E-state index contributed by atoms with van der Waals surface area (Å²) >= 11 is 0. The molecular weight excluding hydrogens is 244 g/mol. The molecule has 5 heteroatoms. The summed E-state index contributed by atoms with van der Waals surface area (Å²) in [6.45, 7) is 5.24. The minimum Gasteiger partial charge on any atom is -0.443 e. The first-order chi connectivity index (χ1) is 9.16. The van der Waals surface area contributed by atoms with Crippen LogP contribution in [0.15, 0.2) is 29.0 Å². The standard InChI is InChI=1S/C14H18N2O3/c1-10(2)18-7-3-6-15-14(17)11-4-5-13-12(8-11)16-9-19-13/h4-5,8-10H,3,6-7H2,1-2H3,(H,15,17). The summed E-state index contributed by atoms with van der Waals surface area (Å²) in [7, 11) is 0. The number of carbonyl (C=O) groups excluding carboxylic acids is 1. The molecule has 102 valence electrons. The first-order valence-electron chi connectivity index (χ1n) is 6.40. The highest BCUT2D eigenvalue weighted by Crippen LogP contribution is 2.13. The fourth-order valence-corrected chi connectivity index (χ4v) is 1.69. The van der Waals surface area contributed by atoms with Crippen LogP contribution in [0.3, 0.4) is 0 Å². The average Bonchev–Trinajstić information content (AvgIpc) is 2.84. The van der Waals surface area contributed by atoms with Crippen LogP contribution in [0.5, 0.6) is 0 Å². The Morgan fingerprint density at radius 1 is 1.47 bits per heavy atom. The summed E-state index contributed by atoms with van der Waals surface area (Å²) in [4.78, 5) is 15.9. The van der Waals surface area contributed by atoms with E-state index in [1.54, 1.807) is 18.2 Å². The third kappa shape index (κ3) is 3.79. The molecule has 0 radical (unpaired) electrons. The van der Waals surface area contributed by atoms with E-state index in [0.717, 1.165) is 6.42 Å². The summed E-state index contributed by atoms with van der Waals surface area (Å²) in [5.74, 6) is -0.102. The molecule has 0 aliphatic carbocycles. The van der Waals surface area contributed by atoms with Gasteiger partial charge in [-0.15, -0.1) is 0 Å². The molecule has 1 amide bonds. The van der Waals surface area contributed by atoms with E-state index >= 15 is 0 Å². The van der Waals surface area contributed by atoms with E-state index in [9.17, 15) is 4.79 Å². The molecule has 0 spiro atoms. The molecule has 0 bridgehead atoms. The molecule has 1 aromatic heterocycles. The molecule has 2 rings (SSSR count). The average molecular weight is 262 g/mol. The SMILES string of the molecule is CC(C)OCCCNC(=O)c1ccc2ocnc2c1. The lowest BCUT2D eigenvalue weighted by Crippen LogP contribution is -2.25. The Morgan fingerprint density at radius 3 is 3.11 bits per heavy atom. The third-order valence-electron chi connectivity index (χ3n) is 2.65. The molecule has 5 nitrogen and oxygen atoms in total. The Balaban J connectivity index is 1.82. The zero-order valence-corrected chi connectivity index (χ0v) is 11.2. The number of nitrogens with zero attached hydrogens (tertiary/aromatic N) is 1. The Morgan fingerprint density at radius 2 is 2.32 bits per heavy atom. The van der Waals surface area contributed by atoms with E-state index in [4.69, 9.17) is 9.15 Å². The second kappa shape index (κ2) is 6.33. The number of carbonyl (C=O) groups is 1. The number of ether oxygens (including phenoxy) is 1. The van der Waals surface area contributed by atoms with Crippen molar-refractivity contribution in [1.29, 1.82) is 0 Å². The molecule has 1 aromatic carbocycles. The molecule has 0 atom stereocenters. The minimum atomic E-state index is -0.102. The van der Waals surface area contributed by atoms with Gasteiger partial charge in [0.05, 0.1) is 6.10 Å². The fourth-order valence-electron chi connectivity index (χ4n) is 1.69. The summed E-state index contributed by atoms with van der Waals surface area (Å²) < 4.78 is 10.5. The van der Waals surface area contributed by atoms with Crippen molar-refractivity contribution in [2.24, 2.45) is 0 Å². The van der Waals surface area contributed by atoms with Crippen molar-refractivity contribution < 1.29 is 13.9 Å². The number of amides is 1. The van der Waals surface area contributed by atoms with Crippen LogP contribution < -0.4 is 5.32 Å². The number of aromatic nitrogens is 1. The Labute approximate surface area is 112 Å².